The number of aromatic nitrogens is 2. The molecule has 1 saturated carbocycles. The Kier molecular flexibility index (Phi) is 5.21. The molecule has 0 aromatic carbocycles. The van der Waals surface area contributed by atoms with E-state index in [1.807, 2.05) is 16.8 Å². The average molecular weight is 332 g/mol. The minimum absolute atomic E-state index is 0.0154. The Bertz CT molecular complexity index is 598. The van der Waals surface area contributed by atoms with Crippen LogP contribution in [-0.4, -0.2) is 57.6 Å². The Morgan fingerprint density at radius 2 is 1.83 bits per heavy atom. The molecule has 0 N–H and O–H groups in total. The molecule has 6 heteroatoms. The minimum atomic E-state index is -0.0507. The van der Waals surface area contributed by atoms with Gasteiger partial charge in [0.1, 0.15) is 5.69 Å². The summed E-state index contributed by atoms with van der Waals surface area (Å²) in [5.41, 5.74) is 0.608. The fourth-order valence-corrected chi connectivity index (χ4v) is 4.13. The van der Waals surface area contributed by atoms with Crippen LogP contribution in [0.25, 0.3) is 0 Å². The van der Waals surface area contributed by atoms with Gasteiger partial charge in [0.15, 0.2) is 0 Å². The van der Waals surface area contributed by atoms with Gasteiger partial charge in [-0.15, -0.1) is 0 Å². The molecular formula is C18H28N4O2. The zero-order chi connectivity index (χ0) is 17.1. The van der Waals surface area contributed by atoms with Crippen molar-refractivity contribution in [2.45, 2.75) is 51.0 Å². The average Bonchev–Trinajstić information content (AvgIpc) is 3.20. The molecule has 2 atom stereocenters. The molecular weight excluding hydrogens is 304 g/mol. The van der Waals surface area contributed by atoms with Gasteiger partial charge in [-0.05, 0) is 31.7 Å². The van der Waals surface area contributed by atoms with E-state index in [9.17, 15) is 9.59 Å². The largest absolute Gasteiger partial charge is 0.345 e. The molecule has 2 amide bonds. The number of hydrogen-bond acceptors (Lipinski definition) is 3. The van der Waals surface area contributed by atoms with Crippen LogP contribution in [0.2, 0.25) is 0 Å². The van der Waals surface area contributed by atoms with E-state index in [0.29, 0.717) is 5.69 Å². The highest BCUT2D eigenvalue weighted by atomic mass is 16.2. The molecule has 1 aromatic rings. The monoisotopic (exact) mass is 332 g/mol. The summed E-state index contributed by atoms with van der Waals surface area (Å²) < 4.78 is 1.63. The van der Waals surface area contributed by atoms with E-state index in [0.717, 1.165) is 58.0 Å². The lowest BCUT2D eigenvalue weighted by atomic mass is 9.99. The third kappa shape index (κ3) is 3.32. The van der Waals surface area contributed by atoms with Gasteiger partial charge >= 0.3 is 0 Å². The van der Waals surface area contributed by atoms with Crippen LogP contribution in [0, 0.1) is 5.92 Å². The number of amides is 2. The molecule has 24 heavy (non-hydrogen) atoms. The van der Waals surface area contributed by atoms with Crippen LogP contribution >= 0.6 is 0 Å². The molecule has 0 radical (unpaired) electrons. The molecule has 2 aliphatic rings. The van der Waals surface area contributed by atoms with Crippen LogP contribution in [-0.2, 0) is 11.8 Å². The highest BCUT2D eigenvalue weighted by Gasteiger charge is 2.40. The van der Waals surface area contributed by atoms with E-state index in [2.05, 4.69) is 5.10 Å². The van der Waals surface area contributed by atoms with Crippen LogP contribution in [0.3, 0.4) is 0 Å². The fraction of sp³-hybridized carbons (Fsp3) is 0.722. The zero-order valence-electron chi connectivity index (χ0n) is 14.8. The van der Waals surface area contributed by atoms with Crippen molar-refractivity contribution in [2.75, 3.05) is 20.1 Å². The lowest BCUT2D eigenvalue weighted by molar-refractivity contribution is -0.135. The fourth-order valence-electron chi connectivity index (χ4n) is 4.13. The zero-order valence-corrected chi connectivity index (χ0v) is 14.8. The van der Waals surface area contributed by atoms with E-state index in [1.165, 1.54) is 0 Å². The van der Waals surface area contributed by atoms with E-state index >= 15 is 0 Å². The van der Waals surface area contributed by atoms with Gasteiger partial charge in [-0.25, -0.2) is 0 Å². The number of aryl methyl sites for hydroxylation is 1. The van der Waals surface area contributed by atoms with Crippen molar-refractivity contribution in [3.05, 3.63) is 18.0 Å². The highest BCUT2D eigenvalue weighted by molar-refractivity contribution is 5.93. The Balaban J connectivity index is 1.88. The minimum Gasteiger partial charge on any atom is -0.345 e. The van der Waals surface area contributed by atoms with Crippen molar-refractivity contribution >= 4 is 11.8 Å². The number of carbonyl (C=O) groups is 2. The second-order valence-electron chi connectivity index (χ2n) is 7.12. The number of carbonyl (C=O) groups excluding carboxylic acids is 2. The van der Waals surface area contributed by atoms with E-state index in [-0.39, 0.29) is 23.8 Å². The van der Waals surface area contributed by atoms with Crippen molar-refractivity contribution in [1.29, 1.82) is 0 Å². The van der Waals surface area contributed by atoms with Crippen LogP contribution in [0.5, 0.6) is 0 Å². The van der Waals surface area contributed by atoms with Gasteiger partial charge in [0.25, 0.3) is 5.91 Å². The maximum atomic E-state index is 13.1. The molecule has 6 nitrogen and oxygen atoms in total. The molecule has 2 fully saturated rings. The molecule has 1 aromatic heterocycles. The maximum Gasteiger partial charge on any atom is 0.272 e. The summed E-state index contributed by atoms with van der Waals surface area (Å²) in [5, 5.41) is 4.13. The van der Waals surface area contributed by atoms with Crippen LogP contribution in [0.1, 0.15) is 55.4 Å². The molecule has 132 valence electrons. The summed E-state index contributed by atoms with van der Waals surface area (Å²) in [5.74, 6) is 0.175. The molecule has 1 aliphatic heterocycles. The normalized spacial score (nSPS) is 26.2. The number of rotatable bonds is 1. The molecule has 1 saturated heterocycles. The number of fused-ring (bicyclic) bond motifs is 1. The summed E-state index contributed by atoms with van der Waals surface area (Å²) in [6, 6.07) is 1.80. The van der Waals surface area contributed by atoms with Gasteiger partial charge in [-0.1, -0.05) is 19.3 Å². The van der Waals surface area contributed by atoms with Gasteiger partial charge < -0.3 is 9.80 Å². The SMILES string of the molecule is CN1CCCCCCN(C(=O)c2ccnn2C)[C@H]2CCC[C@H]2C1=O. The van der Waals surface area contributed by atoms with Crippen molar-refractivity contribution in [2.24, 2.45) is 13.0 Å². The van der Waals surface area contributed by atoms with Gasteiger partial charge in [-0.2, -0.15) is 5.10 Å². The van der Waals surface area contributed by atoms with E-state index in [4.69, 9.17) is 0 Å². The highest BCUT2D eigenvalue weighted by Crippen LogP contribution is 2.33. The first kappa shape index (κ1) is 17.0. The molecule has 3 rings (SSSR count). The van der Waals surface area contributed by atoms with E-state index in [1.54, 1.807) is 24.0 Å². The van der Waals surface area contributed by atoms with E-state index < -0.39 is 0 Å². The van der Waals surface area contributed by atoms with Crippen LogP contribution in [0.15, 0.2) is 12.3 Å². The predicted octanol–water partition coefficient (Wildman–Crippen LogP) is 2.06. The van der Waals surface area contributed by atoms with Gasteiger partial charge in [0, 0.05) is 39.4 Å². The smallest absolute Gasteiger partial charge is 0.272 e. The first-order valence-corrected chi connectivity index (χ1v) is 9.13. The standard InChI is InChI=1S/C18H28N4O2/c1-20-12-5-3-4-6-13-22(15-9-7-8-14(15)17(20)23)18(24)16-10-11-19-21(16)2/h10-11,14-15H,3-9,12-13H2,1-2H3/t14-,15+/m1/s1. The Hall–Kier alpha value is -1.85. The maximum absolute atomic E-state index is 13.1. The molecule has 0 spiro atoms. The predicted molar refractivity (Wildman–Crippen MR) is 91.5 cm³/mol. The molecule has 0 unspecified atom stereocenters. The summed E-state index contributed by atoms with van der Waals surface area (Å²) in [6.07, 6.45) is 8.76. The summed E-state index contributed by atoms with van der Waals surface area (Å²) in [4.78, 5) is 29.8. The van der Waals surface area contributed by atoms with Crippen molar-refractivity contribution in [1.82, 2.24) is 19.6 Å². The number of nitrogens with zero attached hydrogens (tertiary/aromatic N) is 4. The summed E-state index contributed by atoms with van der Waals surface area (Å²) >= 11 is 0. The van der Waals surface area contributed by atoms with Crippen molar-refractivity contribution in [3.8, 4) is 0 Å². The Labute approximate surface area is 143 Å². The molecule has 1 aliphatic carbocycles. The molecule has 0 bridgehead atoms. The Morgan fingerprint density at radius 1 is 1.08 bits per heavy atom. The molecule has 2 heterocycles. The quantitative estimate of drug-likeness (QED) is 0.791. The Morgan fingerprint density at radius 3 is 2.54 bits per heavy atom. The van der Waals surface area contributed by atoms with Gasteiger partial charge in [0.05, 0.1) is 5.92 Å². The topological polar surface area (TPSA) is 58.4 Å². The number of hydrogen-bond donors (Lipinski definition) is 0. The lowest BCUT2D eigenvalue weighted by Gasteiger charge is -2.34. The lowest BCUT2D eigenvalue weighted by Crippen LogP contribution is -2.48. The summed E-state index contributed by atoms with van der Waals surface area (Å²) in [6.45, 7) is 1.57. The van der Waals surface area contributed by atoms with Crippen molar-refractivity contribution in [3.63, 3.8) is 0 Å². The third-order valence-electron chi connectivity index (χ3n) is 5.52. The second-order valence-corrected chi connectivity index (χ2v) is 7.12. The summed E-state index contributed by atoms with van der Waals surface area (Å²) in [7, 11) is 3.70. The van der Waals surface area contributed by atoms with Gasteiger partial charge in [-0.3, -0.25) is 14.3 Å². The van der Waals surface area contributed by atoms with Crippen LogP contribution < -0.4 is 0 Å². The first-order chi connectivity index (χ1) is 11.6. The van der Waals surface area contributed by atoms with Crippen molar-refractivity contribution < 1.29 is 9.59 Å². The van der Waals surface area contributed by atoms with Crippen LogP contribution in [0.4, 0.5) is 0 Å². The third-order valence-corrected chi connectivity index (χ3v) is 5.52. The van der Waals surface area contributed by atoms with Gasteiger partial charge in [0.2, 0.25) is 5.91 Å². The second kappa shape index (κ2) is 7.36. The first-order valence-electron chi connectivity index (χ1n) is 9.13.